The number of hydrogen-bond acceptors (Lipinski definition) is 2. The summed E-state index contributed by atoms with van der Waals surface area (Å²) in [6.45, 7) is 5.98. The fraction of sp³-hybridized carbons (Fsp3) is 0.429. The highest BCUT2D eigenvalue weighted by Gasteiger charge is 2.10. The van der Waals surface area contributed by atoms with Crippen LogP contribution in [0.15, 0.2) is 24.3 Å². The number of benzene rings is 1. The van der Waals surface area contributed by atoms with Crippen molar-refractivity contribution in [3.05, 3.63) is 30.1 Å². The molecule has 0 aliphatic carbocycles. The number of para-hydroxylation sites is 2. The largest absolute Gasteiger partial charge is 0.358 e. The number of nitrogens with one attached hydrogen (secondary N) is 1. The molecule has 4 heteroatoms. The Morgan fingerprint density at radius 1 is 1.39 bits per heavy atom. The zero-order valence-electron chi connectivity index (χ0n) is 10.9. The fourth-order valence-electron chi connectivity index (χ4n) is 2.13. The molecule has 96 valence electrons. The molecular formula is C14H19N3O. The van der Waals surface area contributed by atoms with Gasteiger partial charge in [0.05, 0.1) is 11.0 Å². The van der Waals surface area contributed by atoms with Crippen LogP contribution in [0, 0.1) is 5.92 Å². The van der Waals surface area contributed by atoms with E-state index in [1.54, 1.807) is 0 Å². The molecule has 0 saturated carbocycles. The molecule has 2 rings (SSSR count). The quantitative estimate of drug-likeness (QED) is 0.625. The highest BCUT2D eigenvalue weighted by Crippen LogP contribution is 2.17. The maximum atomic E-state index is 10.3. The first-order valence-corrected chi connectivity index (χ1v) is 6.33. The van der Waals surface area contributed by atoms with Crippen molar-refractivity contribution in [2.45, 2.75) is 26.8 Å². The Bertz CT molecular complexity index is 531. The van der Waals surface area contributed by atoms with E-state index in [1.165, 1.54) is 5.52 Å². The summed E-state index contributed by atoms with van der Waals surface area (Å²) in [5.41, 5.74) is 2.20. The Hall–Kier alpha value is -1.84. The minimum atomic E-state index is 0.570. The SMILES string of the molecule is CC(C)Cn1c(CCNC=O)nc2ccccc21. The van der Waals surface area contributed by atoms with E-state index in [0.717, 1.165) is 30.7 Å². The van der Waals surface area contributed by atoms with Crippen molar-refractivity contribution in [2.24, 2.45) is 5.92 Å². The molecule has 18 heavy (non-hydrogen) atoms. The van der Waals surface area contributed by atoms with Crippen LogP contribution < -0.4 is 5.32 Å². The van der Waals surface area contributed by atoms with Crippen molar-refractivity contribution < 1.29 is 4.79 Å². The van der Waals surface area contributed by atoms with Crippen LogP contribution in [0.1, 0.15) is 19.7 Å². The molecule has 1 aromatic carbocycles. The molecule has 0 unspecified atom stereocenters. The van der Waals surface area contributed by atoms with Gasteiger partial charge in [0.2, 0.25) is 6.41 Å². The van der Waals surface area contributed by atoms with Crippen molar-refractivity contribution in [2.75, 3.05) is 6.54 Å². The average molecular weight is 245 g/mol. The maximum Gasteiger partial charge on any atom is 0.207 e. The molecule has 1 amide bonds. The first kappa shape index (κ1) is 12.6. The number of aromatic nitrogens is 2. The van der Waals surface area contributed by atoms with Gasteiger partial charge < -0.3 is 9.88 Å². The second kappa shape index (κ2) is 5.67. The van der Waals surface area contributed by atoms with Gasteiger partial charge in [0.25, 0.3) is 0 Å². The molecule has 0 fully saturated rings. The molecule has 1 N–H and O–H groups in total. The summed E-state index contributed by atoms with van der Waals surface area (Å²) < 4.78 is 2.26. The Morgan fingerprint density at radius 3 is 2.89 bits per heavy atom. The standard InChI is InChI=1S/C14H19N3O/c1-11(2)9-17-13-6-4-3-5-12(13)16-14(17)7-8-15-10-18/h3-6,10-11H,7-9H2,1-2H3,(H,15,18). The van der Waals surface area contributed by atoms with Crippen molar-refractivity contribution >= 4 is 17.4 Å². The van der Waals surface area contributed by atoms with Crippen LogP contribution in [0.2, 0.25) is 0 Å². The Balaban J connectivity index is 2.33. The lowest BCUT2D eigenvalue weighted by molar-refractivity contribution is -0.109. The van der Waals surface area contributed by atoms with E-state index >= 15 is 0 Å². The van der Waals surface area contributed by atoms with Crippen LogP contribution in [0.5, 0.6) is 0 Å². The summed E-state index contributed by atoms with van der Waals surface area (Å²) in [5, 5.41) is 2.69. The molecule has 0 radical (unpaired) electrons. The molecule has 0 atom stereocenters. The monoisotopic (exact) mass is 245 g/mol. The lowest BCUT2D eigenvalue weighted by Gasteiger charge is -2.11. The van der Waals surface area contributed by atoms with Crippen LogP contribution in [-0.4, -0.2) is 22.5 Å². The summed E-state index contributed by atoms with van der Waals surface area (Å²) >= 11 is 0. The van der Waals surface area contributed by atoms with Crippen molar-refractivity contribution in [3.8, 4) is 0 Å². The van der Waals surface area contributed by atoms with Crippen LogP contribution >= 0.6 is 0 Å². The topological polar surface area (TPSA) is 46.9 Å². The van der Waals surface area contributed by atoms with Gasteiger partial charge in [-0.15, -0.1) is 0 Å². The predicted octanol–water partition coefficient (Wildman–Crippen LogP) is 1.98. The molecule has 2 aromatic rings. The second-order valence-electron chi connectivity index (χ2n) is 4.84. The maximum absolute atomic E-state index is 10.3. The van der Waals surface area contributed by atoms with E-state index in [0.29, 0.717) is 12.5 Å². The molecular weight excluding hydrogens is 226 g/mol. The predicted molar refractivity (Wildman–Crippen MR) is 72.3 cm³/mol. The molecule has 0 aliphatic heterocycles. The third-order valence-electron chi connectivity index (χ3n) is 2.86. The smallest absolute Gasteiger partial charge is 0.207 e. The van der Waals surface area contributed by atoms with Gasteiger partial charge >= 0.3 is 0 Å². The normalized spacial score (nSPS) is 11.1. The summed E-state index contributed by atoms with van der Waals surface area (Å²) in [6, 6.07) is 8.17. The Morgan fingerprint density at radius 2 is 2.17 bits per heavy atom. The van der Waals surface area contributed by atoms with Gasteiger partial charge in [-0.05, 0) is 18.1 Å². The van der Waals surface area contributed by atoms with Crippen molar-refractivity contribution in [1.82, 2.24) is 14.9 Å². The van der Waals surface area contributed by atoms with Crippen LogP contribution in [-0.2, 0) is 17.8 Å². The van der Waals surface area contributed by atoms with Gasteiger partial charge in [-0.3, -0.25) is 4.79 Å². The molecule has 1 heterocycles. The van der Waals surface area contributed by atoms with Gasteiger partial charge in [0.15, 0.2) is 0 Å². The van der Waals surface area contributed by atoms with E-state index in [1.807, 2.05) is 18.2 Å². The summed E-state index contributed by atoms with van der Waals surface area (Å²) in [7, 11) is 0. The number of carbonyl (C=O) groups excluding carboxylic acids is 1. The number of carbonyl (C=O) groups is 1. The van der Waals surface area contributed by atoms with Crippen molar-refractivity contribution in [1.29, 1.82) is 0 Å². The minimum Gasteiger partial charge on any atom is -0.358 e. The van der Waals surface area contributed by atoms with E-state index in [2.05, 4.69) is 34.8 Å². The number of imidazole rings is 1. The van der Waals surface area contributed by atoms with Crippen LogP contribution in [0.4, 0.5) is 0 Å². The third kappa shape index (κ3) is 2.70. The van der Waals surface area contributed by atoms with Crippen molar-refractivity contribution in [3.63, 3.8) is 0 Å². The first-order chi connectivity index (χ1) is 8.72. The van der Waals surface area contributed by atoms with Crippen LogP contribution in [0.25, 0.3) is 11.0 Å². The molecule has 4 nitrogen and oxygen atoms in total. The second-order valence-corrected chi connectivity index (χ2v) is 4.84. The lowest BCUT2D eigenvalue weighted by Crippen LogP contribution is -2.17. The Labute approximate surface area is 107 Å². The van der Waals surface area contributed by atoms with E-state index in [-0.39, 0.29) is 0 Å². The summed E-state index contributed by atoms with van der Waals surface area (Å²) in [4.78, 5) is 14.9. The molecule has 0 saturated heterocycles. The van der Waals surface area contributed by atoms with Gasteiger partial charge in [-0.25, -0.2) is 4.98 Å². The third-order valence-corrected chi connectivity index (χ3v) is 2.86. The van der Waals surface area contributed by atoms with Gasteiger partial charge in [-0.1, -0.05) is 26.0 Å². The van der Waals surface area contributed by atoms with E-state index in [4.69, 9.17) is 0 Å². The summed E-state index contributed by atoms with van der Waals surface area (Å²) in [6.07, 6.45) is 1.50. The summed E-state index contributed by atoms with van der Waals surface area (Å²) in [5.74, 6) is 1.61. The molecule has 0 aliphatic rings. The zero-order valence-corrected chi connectivity index (χ0v) is 10.9. The van der Waals surface area contributed by atoms with Gasteiger partial charge in [0.1, 0.15) is 5.82 Å². The fourth-order valence-corrected chi connectivity index (χ4v) is 2.13. The molecule has 0 spiro atoms. The zero-order chi connectivity index (χ0) is 13.0. The lowest BCUT2D eigenvalue weighted by atomic mass is 10.2. The number of nitrogens with zero attached hydrogens (tertiary/aromatic N) is 2. The van der Waals surface area contributed by atoms with Gasteiger partial charge in [-0.2, -0.15) is 0 Å². The number of rotatable bonds is 6. The number of amides is 1. The number of fused-ring (bicyclic) bond motifs is 1. The number of hydrogen-bond donors (Lipinski definition) is 1. The van der Waals surface area contributed by atoms with Crippen LogP contribution in [0.3, 0.4) is 0 Å². The van der Waals surface area contributed by atoms with E-state index < -0.39 is 0 Å². The van der Waals surface area contributed by atoms with Gasteiger partial charge in [0, 0.05) is 19.5 Å². The average Bonchev–Trinajstić information content (AvgIpc) is 2.68. The molecule has 1 aromatic heterocycles. The first-order valence-electron chi connectivity index (χ1n) is 6.33. The minimum absolute atomic E-state index is 0.570. The highest BCUT2D eigenvalue weighted by molar-refractivity contribution is 5.75. The highest BCUT2D eigenvalue weighted by atomic mass is 16.1. The Kier molecular flexibility index (Phi) is 3.97. The molecule has 0 bridgehead atoms. The van der Waals surface area contributed by atoms with E-state index in [9.17, 15) is 4.79 Å².